The van der Waals surface area contributed by atoms with Crippen LogP contribution in [-0.2, 0) is 17.8 Å². The average Bonchev–Trinajstić information content (AvgIpc) is 3.48. The van der Waals surface area contributed by atoms with Crippen LogP contribution in [0.25, 0.3) is 0 Å². The van der Waals surface area contributed by atoms with Gasteiger partial charge in [0, 0.05) is 29.2 Å². The number of nitro groups is 1. The first-order valence-corrected chi connectivity index (χ1v) is 9.81. The van der Waals surface area contributed by atoms with Crippen LogP contribution in [0, 0.1) is 10.1 Å². The third-order valence-corrected chi connectivity index (χ3v) is 5.32. The molecule has 142 valence electrons. The Kier molecular flexibility index (Phi) is 6.23. The van der Waals surface area contributed by atoms with Crippen LogP contribution in [0.3, 0.4) is 0 Å². The molecule has 0 heterocycles. The second-order valence-electron chi connectivity index (χ2n) is 6.78. The molecule has 0 atom stereocenters. The Balaban J connectivity index is 1.62. The molecule has 3 rings (SSSR count). The lowest BCUT2D eigenvalue weighted by atomic mass is 10.1. The van der Waals surface area contributed by atoms with Crippen molar-refractivity contribution in [1.29, 1.82) is 0 Å². The number of nitrogens with one attached hydrogen (secondary N) is 1. The molecule has 0 bridgehead atoms. The number of halogens is 1. The van der Waals surface area contributed by atoms with E-state index in [2.05, 4.69) is 57.3 Å². The van der Waals surface area contributed by atoms with Gasteiger partial charge in [-0.05, 0) is 52.4 Å². The number of hydrogen-bond donors (Lipinski definition) is 1. The summed E-state index contributed by atoms with van der Waals surface area (Å²) in [5, 5.41) is 13.7. The summed E-state index contributed by atoms with van der Waals surface area (Å²) in [6.07, 6.45) is 3.24. The van der Waals surface area contributed by atoms with Gasteiger partial charge in [-0.25, -0.2) is 0 Å². The van der Waals surface area contributed by atoms with Gasteiger partial charge >= 0.3 is 0 Å². The first-order valence-electron chi connectivity index (χ1n) is 9.02. The number of aryl methyl sites for hydroxylation is 1. The zero-order valence-electron chi connectivity index (χ0n) is 15.2. The summed E-state index contributed by atoms with van der Waals surface area (Å²) in [5.41, 5.74) is 3.02. The van der Waals surface area contributed by atoms with Crippen molar-refractivity contribution in [3.8, 4) is 0 Å². The Bertz CT molecular complexity index is 835. The van der Waals surface area contributed by atoms with Gasteiger partial charge in [-0.2, -0.15) is 0 Å². The van der Waals surface area contributed by atoms with Crippen molar-refractivity contribution in [3.05, 3.63) is 68.2 Å². The van der Waals surface area contributed by atoms with Crippen LogP contribution in [0.4, 0.5) is 11.4 Å². The van der Waals surface area contributed by atoms with Crippen molar-refractivity contribution in [1.82, 2.24) is 4.90 Å². The highest BCUT2D eigenvalue weighted by atomic mass is 79.9. The molecule has 1 fully saturated rings. The number of non-ortho nitro benzene ring substituents is 1. The quantitative estimate of drug-likeness (QED) is 0.492. The molecule has 0 aromatic heterocycles. The second kappa shape index (κ2) is 8.63. The highest BCUT2D eigenvalue weighted by molar-refractivity contribution is 9.10. The summed E-state index contributed by atoms with van der Waals surface area (Å²) in [6.45, 7) is 3.17. The first-order chi connectivity index (χ1) is 13.0. The van der Waals surface area contributed by atoms with Crippen molar-refractivity contribution in [2.24, 2.45) is 0 Å². The Morgan fingerprint density at radius 1 is 1.22 bits per heavy atom. The van der Waals surface area contributed by atoms with E-state index in [4.69, 9.17) is 0 Å². The van der Waals surface area contributed by atoms with Crippen molar-refractivity contribution in [2.75, 3.05) is 11.9 Å². The molecule has 2 aromatic carbocycles. The van der Waals surface area contributed by atoms with Crippen LogP contribution in [0.2, 0.25) is 0 Å². The van der Waals surface area contributed by atoms with Gasteiger partial charge in [-0.3, -0.25) is 19.8 Å². The Morgan fingerprint density at radius 3 is 2.44 bits per heavy atom. The zero-order chi connectivity index (χ0) is 19.4. The third-order valence-electron chi connectivity index (χ3n) is 4.66. The molecule has 0 spiro atoms. The minimum absolute atomic E-state index is 0.0185. The molecule has 6 nitrogen and oxygen atoms in total. The second-order valence-corrected chi connectivity index (χ2v) is 7.63. The van der Waals surface area contributed by atoms with Crippen LogP contribution in [0.5, 0.6) is 0 Å². The molecule has 0 unspecified atom stereocenters. The predicted octanol–water partition coefficient (Wildman–Crippen LogP) is 4.52. The van der Waals surface area contributed by atoms with Crippen LogP contribution in [0.15, 0.2) is 46.9 Å². The van der Waals surface area contributed by atoms with Crippen LogP contribution >= 0.6 is 15.9 Å². The molecular weight excluding hydrogens is 410 g/mol. The number of rotatable bonds is 8. The van der Waals surface area contributed by atoms with Gasteiger partial charge in [-0.15, -0.1) is 0 Å². The summed E-state index contributed by atoms with van der Waals surface area (Å²) < 4.78 is 0.498. The largest absolute Gasteiger partial charge is 0.324 e. The monoisotopic (exact) mass is 431 g/mol. The molecule has 7 heteroatoms. The first kappa shape index (κ1) is 19.5. The van der Waals surface area contributed by atoms with Crippen LogP contribution < -0.4 is 5.32 Å². The molecule has 1 N–H and O–H groups in total. The third kappa shape index (κ3) is 5.37. The van der Waals surface area contributed by atoms with Crippen LogP contribution in [0.1, 0.15) is 30.9 Å². The number of carbonyl (C=O) groups excluding carboxylic acids is 1. The topological polar surface area (TPSA) is 75.5 Å². The fourth-order valence-corrected chi connectivity index (χ4v) is 3.43. The number of hydrogen-bond acceptors (Lipinski definition) is 4. The van der Waals surface area contributed by atoms with Crippen molar-refractivity contribution >= 4 is 33.2 Å². The Labute approximate surface area is 166 Å². The minimum atomic E-state index is -0.463. The van der Waals surface area contributed by atoms with Gasteiger partial charge in [0.25, 0.3) is 5.69 Å². The number of amides is 1. The van der Waals surface area contributed by atoms with E-state index in [1.807, 2.05) is 0 Å². The van der Waals surface area contributed by atoms with E-state index in [0.717, 1.165) is 25.8 Å². The molecule has 0 radical (unpaired) electrons. The lowest BCUT2D eigenvalue weighted by Gasteiger charge is -2.22. The fraction of sp³-hybridized carbons (Fsp3) is 0.350. The molecular formula is C20H22BrN3O3. The van der Waals surface area contributed by atoms with E-state index in [9.17, 15) is 14.9 Å². The number of anilines is 1. The normalized spacial score (nSPS) is 13.6. The predicted molar refractivity (Wildman–Crippen MR) is 109 cm³/mol. The van der Waals surface area contributed by atoms with Gasteiger partial charge < -0.3 is 5.32 Å². The summed E-state index contributed by atoms with van der Waals surface area (Å²) in [5.74, 6) is -0.123. The summed E-state index contributed by atoms with van der Waals surface area (Å²) in [7, 11) is 0. The molecule has 0 saturated heterocycles. The standard InChI is InChI=1S/C20H22BrN3O3/c1-2-14-3-5-15(6-4-14)12-23(16-7-8-16)13-20(25)22-19-10-9-17(24(26)27)11-18(19)21/h3-6,9-11,16H,2,7-8,12-13H2,1H3,(H,22,25). The minimum Gasteiger partial charge on any atom is -0.324 e. The summed E-state index contributed by atoms with van der Waals surface area (Å²) >= 11 is 3.29. The number of nitrogens with zero attached hydrogens (tertiary/aromatic N) is 2. The Hall–Kier alpha value is -2.25. The number of carbonyl (C=O) groups is 1. The average molecular weight is 432 g/mol. The highest BCUT2D eigenvalue weighted by Crippen LogP contribution is 2.29. The van der Waals surface area contributed by atoms with Crippen molar-refractivity contribution in [2.45, 2.75) is 38.8 Å². The van der Waals surface area contributed by atoms with E-state index in [0.29, 0.717) is 22.7 Å². The SMILES string of the molecule is CCc1ccc(CN(CC(=O)Nc2ccc([N+](=O)[O-])cc2Br)C2CC2)cc1. The lowest BCUT2D eigenvalue weighted by molar-refractivity contribution is -0.384. The summed E-state index contributed by atoms with van der Waals surface area (Å²) in [6, 6.07) is 13.3. The van der Waals surface area contributed by atoms with Gasteiger partial charge in [0.15, 0.2) is 0 Å². The molecule has 1 aliphatic rings. The van der Waals surface area contributed by atoms with Crippen molar-refractivity contribution < 1.29 is 9.72 Å². The Morgan fingerprint density at radius 2 is 1.89 bits per heavy atom. The smallest absolute Gasteiger partial charge is 0.270 e. The molecule has 1 saturated carbocycles. The van der Waals surface area contributed by atoms with E-state index in [1.54, 1.807) is 6.07 Å². The number of benzene rings is 2. The summed E-state index contributed by atoms with van der Waals surface area (Å²) in [4.78, 5) is 25.1. The molecule has 0 aliphatic heterocycles. The maximum Gasteiger partial charge on any atom is 0.270 e. The molecule has 27 heavy (non-hydrogen) atoms. The fourth-order valence-electron chi connectivity index (χ4n) is 2.96. The van der Waals surface area contributed by atoms with Gasteiger partial charge in [0.05, 0.1) is 17.2 Å². The maximum absolute atomic E-state index is 12.5. The van der Waals surface area contributed by atoms with E-state index in [1.165, 1.54) is 23.3 Å². The zero-order valence-corrected chi connectivity index (χ0v) is 16.7. The van der Waals surface area contributed by atoms with E-state index >= 15 is 0 Å². The van der Waals surface area contributed by atoms with E-state index in [-0.39, 0.29) is 11.6 Å². The highest BCUT2D eigenvalue weighted by Gasteiger charge is 2.30. The lowest BCUT2D eigenvalue weighted by Crippen LogP contribution is -2.34. The maximum atomic E-state index is 12.5. The molecule has 1 amide bonds. The molecule has 1 aliphatic carbocycles. The number of nitro benzene ring substituents is 1. The van der Waals surface area contributed by atoms with Gasteiger partial charge in [-0.1, -0.05) is 31.2 Å². The molecule has 2 aromatic rings. The van der Waals surface area contributed by atoms with Gasteiger partial charge in [0.1, 0.15) is 0 Å². The van der Waals surface area contributed by atoms with Gasteiger partial charge in [0.2, 0.25) is 5.91 Å². The van der Waals surface area contributed by atoms with Crippen molar-refractivity contribution in [3.63, 3.8) is 0 Å². The van der Waals surface area contributed by atoms with E-state index < -0.39 is 4.92 Å². The van der Waals surface area contributed by atoms with Crippen LogP contribution in [-0.4, -0.2) is 28.3 Å².